The van der Waals surface area contributed by atoms with Gasteiger partial charge in [-0.3, -0.25) is 4.79 Å². The molecule has 6 heteroatoms. The fourth-order valence-electron chi connectivity index (χ4n) is 6.45. The number of aryl methyl sites for hydroxylation is 1. The highest BCUT2D eigenvalue weighted by atomic mass is 16.4. The number of hydrogen-bond acceptors (Lipinski definition) is 3. The van der Waals surface area contributed by atoms with E-state index < -0.39 is 5.97 Å². The predicted octanol–water partition coefficient (Wildman–Crippen LogP) is 6.21. The molecule has 1 aliphatic heterocycles. The van der Waals surface area contributed by atoms with Gasteiger partial charge in [-0.05, 0) is 87.5 Å². The van der Waals surface area contributed by atoms with Gasteiger partial charge in [0.15, 0.2) is 0 Å². The molecule has 2 aromatic rings. The minimum atomic E-state index is -0.904. The number of rotatable bonds is 8. The summed E-state index contributed by atoms with van der Waals surface area (Å²) in [4.78, 5) is 27.5. The Balaban J connectivity index is 1.37. The summed E-state index contributed by atoms with van der Waals surface area (Å²) in [5, 5.41) is 14.2. The van der Waals surface area contributed by atoms with E-state index in [9.17, 15) is 14.7 Å². The lowest BCUT2D eigenvalue weighted by Gasteiger charge is -2.34. The van der Waals surface area contributed by atoms with Gasteiger partial charge < -0.3 is 10.0 Å². The van der Waals surface area contributed by atoms with Crippen LogP contribution >= 0.6 is 0 Å². The highest BCUT2D eigenvalue weighted by molar-refractivity contribution is 5.89. The maximum absolute atomic E-state index is 13.6. The van der Waals surface area contributed by atoms with Crippen LogP contribution in [0.5, 0.6) is 0 Å². The summed E-state index contributed by atoms with van der Waals surface area (Å²) in [6, 6.07) is 6.98. The number of amides is 1. The molecule has 2 saturated carbocycles. The average Bonchev–Trinajstić information content (AvgIpc) is 3.41. The highest BCUT2D eigenvalue weighted by Crippen LogP contribution is 2.43. The van der Waals surface area contributed by atoms with Crippen LogP contribution in [0.1, 0.15) is 117 Å². The number of unbranched alkanes of at least 4 members (excludes halogenated alkanes) is 1. The van der Waals surface area contributed by atoms with Gasteiger partial charge in [0.2, 0.25) is 5.91 Å². The molecule has 5 rings (SSSR count). The van der Waals surface area contributed by atoms with Crippen molar-refractivity contribution in [1.29, 1.82) is 0 Å². The van der Waals surface area contributed by atoms with Crippen molar-refractivity contribution in [2.75, 3.05) is 6.54 Å². The van der Waals surface area contributed by atoms with E-state index in [2.05, 4.69) is 42.0 Å². The molecule has 2 aliphatic carbocycles. The van der Waals surface area contributed by atoms with Crippen molar-refractivity contribution in [3.8, 4) is 5.69 Å². The van der Waals surface area contributed by atoms with Crippen LogP contribution in [0.4, 0.5) is 0 Å². The standard InChI is InChI=1S/C29H39N3O3/c1-3-4-9-24-10-6-13-31(24)28(33)22-8-5-7-21(16-22)23-14-19(2)15-25(17-23)32-27(20-11-12-20)26(18-30-32)29(34)35/h14-15,17-18,20-22,24H,3-13,16H2,1-2H3,(H,34,35)/t21-,22+,24?/m0/s1. The van der Waals surface area contributed by atoms with Crippen LogP contribution in [0.25, 0.3) is 5.69 Å². The molecule has 188 valence electrons. The molecule has 1 unspecified atom stereocenters. The number of aromatic carboxylic acids is 1. The van der Waals surface area contributed by atoms with E-state index >= 15 is 0 Å². The van der Waals surface area contributed by atoms with Crippen LogP contribution in [0.15, 0.2) is 24.4 Å². The largest absolute Gasteiger partial charge is 0.478 e. The Labute approximate surface area is 208 Å². The molecule has 3 fully saturated rings. The first kappa shape index (κ1) is 24.1. The molecule has 0 bridgehead atoms. The van der Waals surface area contributed by atoms with Gasteiger partial charge in [-0.25, -0.2) is 9.48 Å². The number of hydrogen-bond donors (Lipinski definition) is 1. The zero-order valence-electron chi connectivity index (χ0n) is 21.2. The van der Waals surface area contributed by atoms with Crippen molar-refractivity contribution in [3.63, 3.8) is 0 Å². The van der Waals surface area contributed by atoms with Gasteiger partial charge >= 0.3 is 5.97 Å². The Morgan fingerprint density at radius 3 is 2.63 bits per heavy atom. The van der Waals surface area contributed by atoms with Crippen molar-refractivity contribution in [3.05, 3.63) is 46.8 Å². The molecule has 35 heavy (non-hydrogen) atoms. The minimum Gasteiger partial charge on any atom is -0.478 e. The van der Waals surface area contributed by atoms with E-state index in [0.29, 0.717) is 23.4 Å². The molecule has 2 heterocycles. The number of carboxylic acid groups (broad SMARTS) is 1. The number of aromatic nitrogens is 2. The van der Waals surface area contributed by atoms with Gasteiger partial charge in [-0.15, -0.1) is 0 Å². The van der Waals surface area contributed by atoms with Gasteiger partial charge in [-0.1, -0.05) is 32.3 Å². The molecule has 6 nitrogen and oxygen atoms in total. The smallest absolute Gasteiger partial charge is 0.339 e. The molecule has 0 radical (unpaired) electrons. The topological polar surface area (TPSA) is 75.4 Å². The highest BCUT2D eigenvalue weighted by Gasteiger charge is 2.36. The molecule has 1 aromatic heterocycles. The van der Waals surface area contributed by atoms with Crippen LogP contribution in [-0.4, -0.2) is 44.3 Å². The first-order chi connectivity index (χ1) is 17.0. The summed E-state index contributed by atoms with van der Waals surface area (Å²) in [5.41, 5.74) is 4.51. The third kappa shape index (κ3) is 5.03. The lowest BCUT2D eigenvalue weighted by atomic mass is 9.77. The zero-order chi connectivity index (χ0) is 24.5. The van der Waals surface area contributed by atoms with Crippen molar-refractivity contribution < 1.29 is 14.7 Å². The van der Waals surface area contributed by atoms with Gasteiger partial charge in [0.25, 0.3) is 0 Å². The second-order valence-electron chi connectivity index (χ2n) is 11.1. The maximum Gasteiger partial charge on any atom is 0.339 e. The van der Waals surface area contributed by atoms with Crippen molar-refractivity contribution in [2.24, 2.45) is 5.92 Å². The third-order valence-electron chi connectivity index (χ3n) is 8.38. The van der Waals surface area contributed by atoms with E-state index in [1.165, 1.54) is 24.6 Å². The molecule has 3 aliphatic rings. The van der Waals surface area contributed by atoms with E-state index in [1.54, 1.807) is 0 Å². The van der Waals surface area contributed by atoms with Gasteiger partial charge in [0.1, 0.15) is 5.56 Å². The summed E-state index contributed by atoms with van der Waals surface area (Å²) < 4.78 is 1.85. The van der Waals surface area contributed by atoms with Crippen LogP contribution < -0.4 is 0 Å². The van der Waals surface area contributed by atoms with Crippen molar-refractivity contribution in [2.45, 2.75) is 102 Å². The van der Waals surface area contributed by atoms with Gasteiger partial charge in [0, 0.05) is 24.4 Å². The number of benzene rings is 1. The molecule has 1 saturated heterocycles. The second-order valence-corrected chi connectivity index (χ2v) is 11.1. The molecule has 1 aromatic carbocycles. The number of carboxylic acids is 1. The quantitative estimate of drug-likeness (QED) is 0.490. The van der Waals surface area contributed by atoms with Crippen LogP contribution in [0.3, 0.4) is 0 Å². The Morgan fingerprint density at radius 2 is 1.89 bits per heavy atom. The Hall–Kier alpha value is -2.63. The third-order valence-corrected chi connectivity index (χ3v) is 8.38. The normalized spacial score (nSPS) is 24.6. The molecular formula is C29H39N3O3. The van der Waals surface area contributed by atoms with E-state index in [4.69, 9.17) is 0 Å². The molecule has 3 atom stereocenters. The first-order valence-electron chi connectivity index (χ1n) is 13.7. The molecule has 0 spiro atoms. The summed E-state index contributed by atoms with van der Waals surface area (Å²) >= 11 is 0. The Bertz CT molecular complexity index is 1090. The maximum atomic E-state index is 13.6. The Kier molecular flexibility index (Phi) is 6.99. The van der Waals surface area contributed by atoms with Crippen molar-refractivity contribution in [1.82, 2.24) is 14.7 Å². The molecule has 1 N–H and O–H groups in total. The summed E-state index contributed by atoms with van der Waals surface area (Å²) in [6.07, 6.45) is 13.5. The second kappa shape index (κ2) is 10.2. The van der Waals surface area contributed by atoms with Gasteiger partial charge in [-0.2, -0.15) is 5.10 Å². The lowest BCUT2D eigenvalue weighted by molar-refractivity contribution is -0.137. The number of carbonyl (C=O) groups excluding carboxylic acids is 1. The van der Waals surface area contributed by atoms with Crippen LogP contribution in [-0.2, 0) is 4.79 Å². The van der Waals surface area contributed by atoms with Crippen LogP contribution in [0.2, 0.25) is 0 Å². The first-order valence-corrected chi connectivity index (χ1v) is 13.7. The van der Waals surface area contributed by atoms with E-state index in [1.807, 2.05) is 4.68 Å². The van der Waals surface area contributed by atoms with Crippen LogP contribution in [0, 0.1) is 12.8 Å². The minimum absolute atomic E-state index is 0.116. The zero-order valence-corrected chi connectivity index (χ0v) is 21.2. The van der Waals surface area contributed by atoms with Crippen molar-refractivity contribution >= 4 is 11.9 Å². The lowest BCUT2D eigenvalue weighted by Crippen LogP contribution is -2.41. The van der Waals surface area contributed by atoms with Gasteiger partial charge in [0.05, 0.1) is 17.6 Å². The summed E-state index contributed by atoms with van der Waals surface area (Å²) in [6.45, 7) is 5.25. The van der Waals surface area contributed by atoms with E-state index in [-0.39, 0.29) is 11.8 Å². The molecule has 1 amide bonds. The molecular weight excluding hydrogens is 438 g/mol. The monoisotopic (exact) mass is 477 g/mol. The Morgan fingerprint density at radius 1 is 1.06 bits per heavy atom. The number of carbonyl (C=O) groups is 2. The number of nitrogens with zero attached hydrogens (tertiary/aromatic N) is 3. The fourth-order valence-corrected chi connectivity index (χ4v) is 6.45. The SMILES string of the molecule is CCCCC1CCCN1C(=O)[C@@H]1CCC[C@H](c2cc(C)cc(-n3ncc(C(=O)O)c3C3CC3)c2)C1. The summed E-state index contributed by atoms with van der Waals surface area (Å²) in [7, 11) is 0. The fraction of sp³-hybridized carbons (Fsp3) is 0.621. The van der Waals surface area contributed by atoms with E-state index in [0.717, 1.165) is 81.3 Å². The average molecular weight is 478 g/mol. The summed E-state index contributed by atoms with van der Waals surface area (Å²) in [5.74, 6) is 0.233. The predicted molar refractivity (Wildman–Crippen MR) is 136 cm³/mol. The number of likely N-dealkylation sites (tertiary alicyclic amines) is 1.